The molecule has 0 unspecified atom stereocenters. The quantitative estimate of drug-likeness (QED) is 0.771. The number of nitrogens with zero attached hydrogens (tertiary/aromatic N) is 2. The van der Waals surface area contributed by atoms with Crippen LogP contribution in [0.5, 0.6) is 17.2 Å². The number of H-pyrrole nitrogens is 1. The van der Waals surface area contributed by atoms with E-state index in [9.17, 15) is 4.79 Å². The molecule has 0 fully saturated rings. The summed E-state index contributed by atoms with van der Waals surface area (Å²) in [5.41, 5.74) is 0.967. The first-order valence-corrected chi connectivity index (χ1v) is 8.09. The lowest BCUT2D eigenvalue weighted by atomic mass is 10.1. The van der Waals surface area contributed by atoms with Gasteiger partial charge >= 0.3 is 0 Å². The molecule has 3 rings (SSSR count). The van der Waals surface area contributed by atoms with Crippen LogP contribution in [-0.2, 0) is 0 Å². The van der Waals surface area contributed by atoms with Crippen molar-refractivity contribution in [3.8, 4) is 34.7 Å². The molecular formula is C17H15N3O4S. The molecule has 0 aliphatic heterocycles. The molecule has 0 bridgehead atoms. The minimum atomic E-state index is -0.288. The van der Waals surface area contributed by atoms with Crippen molar-refractivity contribution in [3.63, 3.8) is 0 Å². The summed E-state index contributed by atoms with van der Waals surface area (Å²) >= 11 is 1.20. The van der Waals surface area contributed by atoms with Crippen LogP contribution >= 0.6 is 11.3 Å². The smallest absolute Gasteiger partial charge is 0.260 e. The molecule has 0 saturated heterocycles. The van der Waals surface area contributed by atoms with Gasteiger partial charge in [0.1, 0.15) is 21.6 Å². The molecule has 2 aromatic heterocycles. The molecular weight excluding hydrogens is 342 g/mol. The zero-order valence-corrected chi connectivity index (χ0v) is 14.9. The van der Waals surface area contributed by atoms with Crippen LogP contribution in [0.15, 0.2) is 16.9 Å². The molecule has 2 heterocycles. The predicted molar refractivity (Wildman–Crippen MR) is 94.8 cm³/mol. The molecule has 3 aromatic rings. The lowest BCUT2D eigenvalue weighted by molar-refractivity contribution is 0.324. The van der Waals surface area contributed by atoms with Gasteiger partial charge in [-0.2, -0.15) is 5.26 Å². The lowest BCUT2D eigenvalue weighted by Gasteiger charge is -2.13. The number of rotatable bonds is 4. The first-order chi connectivity index (χ1) is 12.0. The fourth-order valence-corrected chi connectivity index (χ4v) is 3.58. The van der Waals surface area contributed by atoms with E-state index in [0.717, 1.165) is 0 Å². The number of thiophene rings is 1. The van der Waals surface area contributed by atoms with Gasteiger partial charge in [-0.3, -0.25) is 4.79 Å². The zero-order chi connectivity index (χ0) is 18.1. The van der Waals surface area contributed by atoms with Gasteiger partial charge in [0.05, 0.1) is 26.7 Å². The molecule has 1 aromatic carbocycles. The van der Waals surface area contributed by atoms with E-state index in [2.05, 4.69) is 16.0 Å². The summed E-state index contributed by atoms with van der Waals surface area (Å²) in [7, 11) is 4.55. The van der Waals surface area contributed by atoms with E-state index in [1.54, 1.807) is 19.1 Å². The largest absolute Gasteiger partial charge is 0.493 e. The van der Waals surface area contributed by atoms with Crippen LogP contribution in [0.25, 0.3) is 21.6 Å². The maximum Gasteiger partial charge on any atom is 0.260 e. The van der Waals surface area contributed by atoms with E-state index in [1.807, 2.05) is 0 Å². The average Bonchev–Trinajstić information content (AvgIpc) is 2.96. The molecule has 0 spiro atoms. The minimum absolute atomic E-state index is 0.288. The second-order valence-electron chi connectivity index (χ2n) is 5.18. The number of aryl methyl sites for hydroxylation is 1. The van der Waals surface area contributed by atoms with Gasteiger partial charge in [-0.25, -0.2) is 4.98 Å². The highest BCUT2D eigenvalue weighted by Gasteiger charge is 2.18. The molecule has 1 N–H and O–H groups in total. The number of aromatic nitrogens is 2. The highest BCUT2D eigenvalue weighted by Crippen LogP contribution is 2.40. The monoisotopic (exact) mass is 357 g/mol. The predicted octanol–water partition coefficient (Wildman–Crippen LogP) is 2.86. The first kappa shape index (κ1) is 16.8. The van der Waals surface area contributed by atoms with Crippen LogP contribution in [0, 0.1) is 18.3 Å². The third kappa shape index (κ3) is 2.68. The van der Waals surface area contributed by atoms with Gasteiger partial charge in [-0.15, -0.1) is 11.3 Å². The van der Waals surface area contributed by atoms with Crippen LogP contribution in [-0.4, -0.2) is 31.3 Å². The van der Waals surface area contributed by atoms with E-state index in [0.29, 0.717) is 49.3 Å². The molecule has 0 radical (unpaired) electrons. The Morgan fingerprint density at radius 3 is 2.32 bits per heavy atom. The van der Waals surface area contributed by atoms with Gasteiger partial charge in [-0.1, -0.05) is 0 Å². The summed E-state index contributed by atoms with van der Waals surface area (Å²) in [4.78, 5) is 20.7. The van der Waals surface area contributed by atoms with Crippen LogP contribution in [0.4, 0.5) is 0 Å². The summed E-state index contributed by atoms with van der Waals surface area (Å²) < 4.78 is 16.0. The number of nitriles is 1. The van der Waals surface area contributed by atoms with Crippen LogP contribution in [0.2, 0.25) is 0 Å². The van der Waals surface area contributed by atoms with Gasteiger partial charge in [0.2, 0.25) is 5.75 Å². The van der Waals surface area contributed by atoms with E-state index in [-0.39, 0.29) is 5.56 Å². The molecule has 0 saturated carbocycles. The zero-order valence-electron chi connectivity index (χ0n) is 14.1. The fraction of sp³-hybridized carbons (Fsp3) is 0.235. The van der Waals surface area contributed by atoms with E-state index >= 15 is 0 Å². The standard InChI is InChI=1S/C17H15N3O4S/c1-8-12(7-18)25-17-13(8)16(21)19-15(20-17)9-5-10(22-2)14(24-4)11(6-9)23-3/h5-6H,1-4H3,(H,19,20,21). The molecule has 7 nitrogen and oxygen atoms in total. The van der Waals surface area contributed by atoms with Crippen LogP contribution in [0.1, 0.15) is 10.4 Å². The molecule has 25 heavy (non-hydrogen) atoms. The maximum atomic E-state index is 12.5. The SMILES string of the molecule is COc1cc(-c2nc3sc(C#N)c(C)c3c(=O)[nH]2)cc(OC)c1OC. The topological polar surface area (TPSA) is 97.2 Å². The van der Waals surface area contributed by atoms with Gasteiger partial charge in [0.15, 0.2) is 11.5 Å². The lowest BCUT2D eigenvalue weighted by Crippen LogP contribution is -2.09. The fourth-order valence-electron chi connectivity index (χ4n) is 2.61. The number of aromatic amines is 1. The summed E-state index contributed by atoms with van der Waals surface area (Å²) in [5, 5.41) is 9.61. The summed E-state index contributed by atoms with van der Waals surface area (Å²) in [6.45, 7) is 1.74. The third-order valence-corrected chi connectivity index (χ3v) is 4.93. The van der Waals surface area contributed by atoms with Crippen molar-refractivity contribution in [2.75, 3.05) is 21.3 Å². The second kappa shape index (κ2) is 6.45. The number of hydrogen-bond donors (Lipinski definition) is 1. The maximum absolute atomic E-state index is 12.5. The Balaban J connectivity index is 2.27. The Morgan fingerprint density at radius 1 is 1.16 bits per heavy atom. The van der Waals surface area contributed by atoms with Gasteiger partial charge in [0.25, 0.3) is 5.56 Å². The van der Waals surface area contributed by atoms with E-state index < -0.39 is 0 Å². The van der Waals surface area contributed by atoms with Crippen molar-refractivity contribution < 1.29 is 14.2 Å². The van der Waals surface area contributed by atoms with Crippen molar-refractivity contribution in [2.24, 2.45) is 0 Å². The summed E-state index contributed by atoms with van der Waals surface area (Å²) in [6.07, 6.45) is 0. The van der Waals surface area contributed by atoms with Crippen molar-refractivity contribution in [2.45, 2.75) is 6.92 Å². The number of fused-ring (bicyclic) bond motifs is 1. The Hall–Kier alpha value is -3.05. The van der Waals surface area contributed by atoms with Gasteiger partial charge in [0, 0.05) is 5.56 Å². The Kier molecular flexibility index (Phi) is 4.33. The highest BCUT2D eigenvalue weighted by atomic mass is 32.1. The molecule has 0 amide bonds. The molecule has 0 atom stereocenters. The van der Waals surface area contributed by atoms with Crippen LogP contribution in [0.3, 0.4) is 0 Å². The number of methoxy groups -OCH3 is 3. The molecule has 8 heteroatoms. The molecule has 0 aliphatic rings. The minimum Gasteiger partial charge on any atom is -0.493 e. The number of nitrogens with one attached hydrogen (secondary N) is 1. The summed E-state index contributed by atoms with van der Waals surface area (Å²) in [5.74, 6) is 1.73. The van der Waals surface area contributed by atoms with E-state index in [1.165, 1.54) is 32.7 Å². The van der Waals surface area contributed by atoms with E-state index in [4.69, 9.17) is 19.5 Å². The van der Waals surface area contributed by atoms with Crippen LogP contribution < -0.4 is 19.8 Å². The van der Waals surface area contributed by atoms with Crippen molar-refractivity contribution in [3.05, 3.63) is 32.9 Å². The first-order valence-electron chi connectivity index (χ1n) is 7.28. The third-order valence-electron chi connectivity index (χ3n) is 3.84. The Morgan fingerprint density at radius 2 is 1.80 bits per heavy atom. The number of benzene rings is 1. The summed E-state index contributed by atoms with van der Waals surface area (Å²) in [6, 6.07) is 5.50. The average molecular weight is 357 g/mol. The van der Waals surface area contributed by atoms with Crippen molar-refractivity contribution in [1.29, 1.82) is 5.26 Å². The Labute approximate surface area is 147 Å². The van der Waals surface area contributed by atoms with Gasteiger partial charge < -0.3 is 19.2 Å². The normalized spacial score (nSPS) is 10.5. The number of ether oxygens (including phenoxy) is 3. The molecule has 0 aliphatic carbocycles. The van der Waals surface area contributed by atoms with Gasteiger partial charge in [-0.05, 0) is 24.6 Å². The molecule has 128 valence electrons. The second-order valence-corrected chi connectivity index (χ2v) is 6.18. The highest BCUT2D eigenvalue weighted by molar-refractivity contribution is 7.19. The van der Waals surface area contributed by atoms with Crippen molar-refractivity contribution >= 4 is 21.6 Å². The number of hydrogen-bond acceptors (Lipinski definition) is 7. The Bertz CT molecular complexity index is 1040. The van der Waals surface area contributed by atoms with Crippen molar-refractivity contribution in [1.82, 2.24) is 9.97 Å².